The van der Waals surface area contributed by atoms with Crippen molar-refractivity contribution < 1.29 is 13.9 Å². The van der Waals surface area contributed by atoms with Crippen LogP contribution >= 0.6 is 11.6 Å². The SMILES string of the molecule is COc1ccccc1OCc1nc2ccccc2n1Cc1c(F)cccc1Cl. The second kappa shape index (κ2) is 7.90. The molecular weight excluding hydrogens is 379 g/mol. The van der Waals surface area contributed by atoms with Crippen molar-refractivity contribution in [1.29, 1.82) is 0 Å². The quantitative estimate of drug-likeness (QED) is 0.434. The average molecular weight is 397 g/mol. The molecule has 28 heavy (non-hydrogen) atoms. The highest BCUT2D eigenvalue weighted by Gasteiger charge is 2.16. The van der Waals surface area contributed by atoms with Gasteiger partial charge in [0.25, 0.3) is 0 Å². The highest BCUT2D eigenvalue weighted by atomic mass is 35.5. The summed E-state index contributed by atoms with van der Waals surface area (Å²) < 4.78 is 27.6. The number of aromatic nitrogens is 2. The minimum atomic E-state index is -0.345. The number of rotatable bonds is 6. The van der Waals surface area contributed by atoms with Crippen molar-refractivity contribution in [3.05, 3.63) is 89.0 Å². The number of methoxy groups -OCH3 is 1. The first-order chi connectivity index (χ1) is 13.7. The van der Waals surface area contributed by atoms with Crippen LogP contribution in [-0.4, -0.2) is 16.7 Å². The molecule has 0 spiro atoms. The van der Waals surface area contributed by atoms with Crippen molar-refractivity contribution >= 4 is 22.6 Å². The molecule has 4 aromatic rings. The molecule has 0 aliphatic heterocycles. The molecular formula is C22H18ClFN2O2. The van der Waals surface area contributed by atoms with Gasteiger partial charge in [0.15, 0.2) is 11.5 Å². The largest absolute Gasteiger partial charge is 0.493 e. The Balaban J connectivity index is 1.71. The van der Waals surface area contributed by atoms with E-state index in [0.717, 1.165) is 11.0 Å². The smallest absolute Gasteiger partial charge is 0.161 e. The number of imidazole rings is 1. The highest BCUT2D eigenvalue weighted by Crippen LogP contribution is 2.28. The van der Waals surface area contributed by atoms with Gasteiger partial charge in [-0.1, -0.05) is 41.9 Å². The third-order valence-corrected chi connectivity index (χ3v) is 4.89. The zero-order valence-corrected chi connectivity index (χ0v) is 16.0. The second-order valence-corrected chi connectivity index (χ2v) is 6.65. The molecule has 4 nitrogen and oxygen atoms in total. The molecule has 4 rings (SSSR count). The van der Waals surface area contributed by atoms with Gasteiger partial charge in [0.1, 0.15) is 18.2 Å². The Bertz CT molecular complexity index is 1110. The van der Waals surface area contributed by atoms with Gasteiger partial charge in [0.2, 0.25) is 0 Å². The lowest BCUT2D eigenvalue weighted by Crippen LogP contribution is -2.10. The fourth-order valence-corrected chi connectivity index (χ4v) is 3.36. The molecule has 0 unspecified atom stereocenters. The van der Waals surface area contributed by atoms with Gasteiger partial charge < -0.3 is 14.0 Å². The first-order valence-electron chi connectivity index (χ1n) is 8.80. The van der Waals surface area contributed by atoms with Crippen LogP contribution in [0.15, 0.2) is 66.7 Å². The molecule has 0 N–H and O–H groups in total. The molecule has 142 valence electrons. The topological polar surface area (TPSA) is 36.3 Å². The monoisotopic (exact) mass is 396 g/mol. The molecule has 0 saturated carbocycles. The van der Waals surface area contributed by atoms with E-state index < -0.39 is 0 Å². The van der Waals surface area contributed by atoms with Gasteiger partial charge in [-0.25, -0.2) is 9.37 Å². The van der Waals surface area contributed by atoms with Gasteiger partial charge in [-0.2, -0.15) is 0 Å². The van der Waals surface area contributed by atoms with Crippen LogP contribution in [0.25, 0.3) is 11.0 Å². The van der Waals surface area contributed by atoms with Gasteiger partial charge in [-0.3, -0.25) is 0 Å². The molecule has 1 heterocycles. The zero-order chi connectivity index (χ0) is 19.5. The molecule has 1 aromatic heterocycles. The van der Waals surface area contributed by atoms with Gasteiger partial charge in [-0.05, 0) is 36.4 Å². The maximum Gasteiger partial charge on any atom is 0.161 e. The third-order valence-electron chi connectivity index (χ3n) is 4.54. The number of halogens is 2. The summed E-state index contributed by atoms with van der Waals surface area (Å²) in [5.41, 5.74) is 2.12. The van der Waals surface area contributed by atoms with E-state index in [-0.39, 0.29) is 19.0 Å². The summed E-state index contributed by atoms with van der Waals surface area (Å²) >= 11 is 6.24. The lowest BCUT2D eigenvalue weighted by Gasteiger charge is -2.13. The number of nitrogens with zero attached hydrogens (tertiary/aromatic N) is 2. The Morgan fingerprint density at radius 2 is 1.71 bits per heavy atom. The molecule has 0 aliphatic carbocycles. The van der Waals surface area contributed by atoms with E-state index in [2.05, 4.69) is 4.98 Å². The van der Waals surface area contributed by atoms with Crippen molar-refractivity contribution in [2.24, 2.45) is 0 Å². The van der Waals surface area contributed by atoms with Crippen molar-refractivity contribution in [2.45, 2.75) is 13.2 Å². The molecule has 0 fully saturated rings. The Hall–Kier alpha value is -3.05. The van der Waals surface area contributed by atoms with E-state index in [4.69, 9.17) is 21.1 Å². The maximum absolute atomic E-state index is 14.4. The van der Waals surface area contributed by atoms with Gasteiger partial charge in [0.05, 0.1) is 24.7 Å². The lowest BCUT2D eigenvalue weighted by atomic mass is 10.2. The molecule has 0 saturated heterocycles. The Morgan fingerprint density at radius 1 is 0.964 bits per heavy atom. The molecule has 0 aliphatic rings. The van der Waals surface area contributed by atoms with Crippen LogP contribution in [0.1, 0.15) is 11.4 Å². The van der Waals surface area contributed by atoms with Gasteiger partial charge in [0, 0.05) is 10.6 Å². The fourth-order valence-electron chi connectivity index (χ4n) is 3.13. The summed E-state index contributed by atoms with van der Waals surface area (Å²) in [6.07, 6.45) is 0. The zero-order valence-electron chi connectivity index (χ0n) is 15.2. The molecule has 0 bridgehead atoms. The Labute approximate surface area is 167 Å². The van der Waals surface area contributed by atoms with E-state index in [1.54, 1.807) is 19.2 Å². The number of para-hydroxylation sites is 4. The van der Waals surface area contributed by atoms with E-state index in [1.165, 1.54) is 6.07 Å². The van der Waals surface area contributed by atoms with Crippen molar-refractivity contribution in [3.8, 4) is 11.5 Å². The number of fused-ring (bicyclic) bond motifs is 1. The molecule has 6 heteroatoms. The van der Waals surface area contributed by atoms with Crippen LogP contribution in [0, 0.1) is 5.82 Å². The minimum Gasteiger partial charge on any atom is -0.493 e. The highest BCUT2D eigenvalue weighted by molar-refractivity contribution is 6.31. The normalized spacial score (nSPS) is 11.0. The van der Waals surface area contributed by atoms with E-state index in [9.17, 15) is 4.39 Å². The summed E-state index contributed by atoms with van der Waals surface area (Å²) in [7, 11) is 1.59. The summed E-state index contributed by atoms with van der Waals surface area (Å²) in [6, 6.07) is 19.8. The maximum atomic E-state index is 14.4. The van der Waals surface area contributed by atoms with Crippen LogP contribution < -0.4 is 9.47 Å². The van der Waals surface area contributed by atoms with Gasteiger partial charge in [-0.15, -0.1) is 0 Å². The van der Waals surface area contributed by atoms with Crippen molar-refractivity contribution in [2.75, 3.05) is 7.11 Å². The van der Waals surface area contributed by atoms with Gasteiger partial charge >= 0.3 is 0 Å². The summed E-state index contributed by atoms with van der Waals surface area (Å²) in [6.45, 7) is 0.470. The van der Waals surface area contributed by atoms with Crippen LogP contribution in [0.2, 0.25) is 5.02 Å². The summed E-state index contributed by atoms with van der Waals surface area (Å²) in [4.78, 5) is 4.67. The van der Waals surface area contributed by atoms with Crippen LogP contribution in [0.5, 0.6) is 11.5 Å². The first kappa shape index (κ1) is 18.3. The Morgan fingerprint density at radius 3 is 2.50 bits per heavy atom. The predicted octanol–water partition coefficient (Wildman–Crippen LogP) is 5.46. The average Bonchev–Trinajstić information content (AvgIpc) is 3.07. The first-order valence-corrected chi connectivity index (χ1v) is 9.18. The van der Waals surface area contributed by atoms with E-state index in [1.807, 2.05) is 53.1 Å². The summed E-state index contributed by atoms with van der Waals surface area (Å²) in [5, 5.41) is 0.384. The minimum absolute atomic E-state index is 0.209. The molecule has 0 radical (unpaired) electrons. The Kier molecular flexibility index (Phi) is 5.17. The van der Waals surface area contributed by atoms with Crippen LogP contribution in [0.3, 0.4) is 0 Å². The van der Waals surface area contributed by atoms with Crippen LogP contribution in [-0.2, 0) is 13.2 Å². The van der Waals surface area contributed by atoms with Crippen LogP contribution in [0.4, 0.5) is 4.39 Å². The number of hydrogen-bond acceptors (Lipinski definition) is 3. The second-order valence-electron chi connectivity index (χ2n) is 6.24. The predicted molar refractivity (Wildman–Crippen MR) is 108 cm³/mol. The van der Waals surface area contributed by atoms with E-state index in [0.29, 0.717) is 27.9 Å². The molecule has 3 aromatic carbocycles. The van der Waals surface area contributed by atoms with E-state index >= 15 is 0 Å². The third kappa shape index (κ3) is 3.53. The number of benzene rings is 3. The number of hydrogen-bond donors (Lipinski definition) is 0. The fraction of sp³-hybridized carbons (Fsp3) is 0.136. The van der Waals surface area contributed by atoms with Crippen molar-refractivity contribution in [1.82, 2.24) is 9.55 Å². The number of ether oxygens (including phenoxy) is 2. The molecule has 0 atom stereocenters. The standard InChI is InChI=1S/C22H18ClFN2O2/c1-27-20-11-4-5-12-21(20)28-14-22-25-18-9-2-3-10-19(18)26(22)13-15-16(23)7-6-8-17(15)24/h2-12H,13-14H2,1H3. The molecule has 0 amide bonds. The van der Waals surface area contributed by atoms with Crippen molar-refractivity contribution in [3.63, 3.8) is 0 Å². The summed E-state index contributed by atoms with van der Waals surface area (Å²) in [5.74, 6) is 1.59. The lowest BCUT2D eigenvalue weighted by molar-refractivity contribution is 0.272.